The molecule has 0 aliphatic rings. The number of rotatable bonds is 7. The number of methoxy groups -OCH3 is 1. The molecule has 0 fully saturated rings. The number of carbonyl (C=O) groups is 1. The third-order valence-corrected chi connectivity index (χ3v) is 6.67. The van der Waals surface area contributed by atoms with Crippen molar-refractivity contribution in [3.63, 3.8) is 0 Å². The van der Waals surface area contributed by atoms with Gasteiger partial charge in [0.2, 0.25) is 5.91 Å². The van der Waals surface area contributed by atoms with E-state index in [2.05, 4.69) is 5.32 Å². The van der Waals surface area contributed by atoms with E-state index in [1.807, 2.05) is 43.3 Å². The van der Waals surface area contributed by atoms with Crippen LogP contribution in [0.15, 0.2) is 65.6 Å². The average Bonchev–Trinajstić information content (AvgIpc) is 2.77. The molecule has 158 valence electrons. The Morgan fingerprint density at radius 1 is 0.967 bits per heavy atom. The van der Waals surface area contributed by atoms with Crippen molar-refractivity contribution >= 4 is 32.4 Å². The SMILES string of the molecule is COc1ccc2cc(C(C)C(=O)Nc3ccc(S(=O)(=O)N(C)OC)cc3)ccc2c1. The molecule has 1 unspecified atom stereocenters. The Balaban J connectivity index is 1.75. The highest BCUT2D eigenvalue weighted by atomic mass is 32.2. The summed E-state index contributed by atoms with van der Waals surface area (Å²) in [6, 6.07) is 17.6. The van der Waals surface area contributed by atoms with Crippen molar-refractivity contribution in [3.05, 3.63) is 66.2 Å². The summed E-state index contributed by atoms with van der Waals surface area (Å²) in [4.78, 5) is 17.5. The fourth-order valence-electron chi connectivity index (χ4n) is 3.00. The van der Waals surface area contributed by atoms with Crippen molar-refractivity contribution < 1.29 is 22.8 Å². The van der Waals surface area contributed by atoms with Gasteiger partial charge in [0, 0.05) is 12.7 Å². The Labute approximate surface area is 176 Å². The molecule has 0 spiro atoms. The van der Waals surface area contributed by atoms with Gasteiger partial charge in [0.15, 0.2) is 0 Å². The number of sulfonamides is 1. The van der Waals surface area contributed by atoms with E-state index in [9.17, 15) is 13.2 Å². The summed E-state index contributed by atoms with van der Waals surface area (Å²) < 4.78 is 30.5. The zero-order chi connectivity index (χ0) is 21.9. The lowest BCUT2D eigenvalue weighted by Gasteiger charge is -2.16. The largest absolute Gasteiger partial charge is 0.497 e. The van der Waals surface area contributed by atoms with Gasteiger partial charge in [-0.05, 0) is 59.7 Å². The maximum atomic E-state index is 12.7. The number of fused-ring (bicyclic) bond motifs is 1. The normalized spacial score (nSPS) is 12.7. The van der Waals surface area contributed by atoms with Gasteiger partial charge in [-0.3, -0.25) is 9.63 Å². The molecule has 1 N–H and O–H groups in total. The van der Waals surface area contributed by atoms with E-state index < -0.39 is 10.0 Å². The van der Waals surface area contributed by atoms with Crippen LogP contribution in [0.25, 0.3) is 10.8 Å². The van der Waals surface area contributed by atoms with Crippen molar-refractivity contribution in [2.24, 2.45) is 0 Å². The van der Waals surface area contributed by atoms with Gasteiger partial charge in [-0.2, -0.15) is 0 Å². The molecule has 0 aliphatic carbocycles. The standard InChI is InChI=1S/C22H24N2O5S/c1-15(16-5-6-18-14-20(28-3)10-7-17(18)13-16)22(25)23-19-8-11-21(12-9-19)30(26,27)24(2)29-4/h5-15H,1-4H3,(H,23,25). The average molecular weight is 429 g/mol. The Morgan fingerprint density at radius 3 is 2.23 bits per heavy atom. The van der Waals surface area contributed by atoms with Gasteiger partial charge in [0.05, 0.1) is 25.0 Å². The van der Waals surface area contributed by atoms with E-state index >= 15 is 0 Å². The number of hydroxylamine groups is 1. The quantitative estimate of drug-likeness (QED) is 0.579. The maximum Gasteiger partial charge on any atom is 0.264 e. The summed E-state index contributed by atoms with van der Waals surface area (Å²) in [5, 5.41) is 4.88. The van der Waals surface area contributed by atoms with E-state index in [0.717, 1.165) is 26.6 Å². The van der Waals surface area contributed by atoms with Crippen molar-refractivity contribution in [1.29, 1.82) is 0 Å². The van der Waals surface area contributed by atoms with Gasteiger partial charge in [-0.1, -0.05) is 28.7 Å². The molecule has 3 rings (SSSR count). The highest BCUT2D eigenvalue weighted by molar-refractivity contribution is 7.89. The van der Waals surface area contributed by atoms with Gasteiger partial charge in [-0.25, -0.2) is 8.42 Å². The summed E-state index contributed by atoms with van der Waals surface area (Å²) in [6.45, 7) is 1.83. The highest BCUT2D eigenvalue weighted by Crippen LogP contribution is 2.26. The van der Waals surface area contributed by atoms with E-state index in [1.165, 1.54) is 26.3 Å². The van der Waals surface area contributed by atoms with Crippen LogP contribution in [0, 0.1) is 0 Å². The zero-order valence-electron chi connectivity index (χ0n) is 17.2. The fourth-order valence-corrected chi connectivity index (χ4v) is 3.97. The summed E-state index contributed by atoms with van der Waals surface area (Å²) in [5.41, 5.74) is 1.39. The minimum atomic E-state index is -3.73. The first-order valence-corrected chi connectivity index (χ1v) is 10.7. The van der Waals surface area contributed by atoms with E-state index in [1.54, 1.807) is 19.2 Å². The van der Waals surface area contributed by atoms with Gasteiger partial charge < -0.3 is 10.1 Å². The van der Waals surface area contributed by atoms with Gasteiger partial charge in [0.1, 0.15) is 5.75 Å². The molecule has 0 radical (unpaired) electrons. The predicted molar refractivity (Wildman–Crippen MR) is 116 cm³/mol. The number of ether oxygens (including phenoxy) is 1. The third-order valence-electron chi connectivity index (χ3n) is 4.98. The first kappa shape index (κ1) is 21.8. The molecule has 0 heterocycles. The lowest BCUT2D eigenvalue weighted by Crippen LogP contribution is -2.25. The van der Waals surface area contributed by atoms with Crippen LogP contribution in [-0.4, -0.2) is 40.1 Å². The Morgan fingerprint density at radius 2 is 1.60 bits per heavy atom. The smallest absolute Gasteiger partial charge is 0.264 e. The van der Waals surface area contributed by atoms with E-state index in [-0.39, 0.29) is 16.7 Å². The van der Waals surface area contributed by atoms with Crippen LogP contribution in [0.4, 0.5) is 5.69 Å². The van der Waals surface area contributed by atoms with Crippen molar-refractivity contribution in [2.45, 2.75) is 17.7 Å². The lowest BCUT2D eigenvalue weighted by molar-refractivity contribution is -0.117. The van der Waals surface area contributed by atoms with Crippen LogP contribution in [0.2, 0.25) is 0 Å². The first-order valence-electron chi connectivity index (χ1n) is 9.28. The van der Waals surface area contributed by atoms with Crippen LogP contribution < -0.4 is 10.1 Å². The molecule has 1 atom stereocenters. The van der Waals surface area contributed by atoms with Crippen molar-refractivity contribution in [2.75, 3.05) is 26.6 Å². The minimum Gasteiger partial charge on any atom is -0.497 e. The summed E-state index contributed by atoms with van der Waals surface area (Å²) >= 11 is 0. The van der Waals surface area contributed by atoms with Crippen LogP contribution in [0.1, 0.15) is 18.4 Å². The molecule has 0 aliphatic heterocycles. The molecule has 0 bridgehead atoms. The summed E-state index contributed by atoms with van der Waals surface area (Å²) in [6.07, 6.45) is 0. The van der Waals surface area contributed by atoms with Gasteiger partial charge >= 0.3 is 0 Å². The van der Waals surface area contributed by atoms with E-state index in [0.29, 0.717) is 5.69 Å². The molecule has 1 amide bonds. The van der Waals surface area contributed by atoms with E-state index in [4.69, 9.17) is 9.57 Å². The second-order valence-electron chi connectivity index (χ2n) is 6.81. The molecule has 30 heavy (non-hydrogen) atoms. The Bertz CT molecular complexity index is 1160. The molecule has 7 nitrogen and oxygen atoms in total. The number of benzene rings is 3. The second kappa shape index (κ2) is 8.83. The van der Waals surface area contributed by atoms with Crippen LogP contribution in [0.3, 0.4) is 0 Å². The minimum absolute atomic E-state index is 0.0721. The number of nitrogens with zero attached hydrogens (tertiary/aromatic N) is 1. The molecule has 3 aromatic rings. The maximum absolute atomic E-state index is 12.7. The molecule has 0 aromatic heterocycles. The Kier molecular flexibility index (Phi) is 6.40. The lowest BCUT2D eigenvalue weighted by atomic mass is 9.97. The number of carbonyl (C=O) groups excluding carboxylic acids is 1. The number of hydrogen-bond acceptors (Lipinski definition) is 5. The highest BCUT2D eigenvalue weighted by Gasteiger charge is 2.21. The van der Waals surface area contributed by atoms with Crippen molar-refractivity contribution in [3.8, 4) is 5.75 Å². The van der Waals surface area contributed by atoms with Crippen LogP contribution >= 0.6 is 0 Å². The van der Waals surface area contributed by atoms with Gasteiger partial charge in [-0.15, -0.1) is 0 Å². The Hall–Kier alpha value is -2.94. The van der Waals surface area contributed by atoms with Crippen LogP contribution in [0.5, 0.6) is 5.75 Å². The summed E-state index contributed by atoms with van der Waals surface area (Å²) in [5.74, 6) is 0.204. The number of hydrogen-bond donors (Lipinski definition) is 1. The topological polar surface area (TPSA) is 84.9 Å². The predicted octanol–water partition coefficient (Wildman–Crippen LogP) is 3.77. The monoisotopic (exact) mass is 428 g/mol. The molecule has 8 heteroatoms. The van der Waals surface area contributed by atoms with Crippen LogP contribution in [-0.2, 0) is 19.7 Å². The molecule has 0 saturated carbocycles. The number of amides is 1. The third kappa shape index (κ3) is 4.46. The molecule has 0 saturated heterocycles. The zero-order valence-corrected chi connectivity index (χ0v) is 18.1. The molecular formula is C22H24N2O5S. The summed E-state index contributed by atoms with van der Waals surface area (Å²) in [7, 11) is 0.481. The fraction of sp³-hybridized carbons (Fsp3) is 0.227. The van der Waals surface area contributed by atoms with Crippen molar-refractivity contribution in [1.82, 2.24) is 4.47 Å². The van der Waals surface area contributed by atoms with Gasteiger partial charge in [0.25, 0.3) is 10.0 Å². The first-order chi connectivity index (χ1) is 14.3. The number of nitrogens with one attached hydrogen (secondary N) is 1. The second-order valence-corrected chi connectivity index (χ2v) is 8.74. The molecular weight excluding hydrogens is 404 g/mol. The molecule has 3 aromatic carbocycles. The number of anilines is 1.